The predicted octanol–water partition coefficient (Wildman–Crippen LogP) is 4.57. The lowest BCUT2D eigenvalue weighted by atomic mass is 9.65. The van der Waals surface area contributed by atoms with Gasteiger partial charge in [-0.05, 0) is 50.2 Å². The van der Waals surface area contributed by atoms with Crippen molar-refractivity contribution in [2.24, 2.45) is 5.41 Å². The van der Waals surface area contributed by atoms with Gasteiger partial charge in [-0.25, -0.2) is 0 Å². The van der Waals surface area contributed by atoms with Crippen LogP contribution in [0.25, 0.3) is 0 Å². The lowest BCUT2D eigenvalue weighted by Gasteiger charge is -2.50. The average Bonchev–Trinajstić information content (AvgIpc) is 2.45. The van der Waals surface area contributed by atoms with E-state index in [9.17, 15) is 9.90 Å². The molecule has 6 heteroatoms. The minimum atomic E-state index is -1.87. The molecule has 2 fully saturated rings. The highest BCUT2D eigenvalue weighted by molar-refractivity contribution is 6.74. The molecule has 0 aromatic rings. The van der Waals surface area contributed by atoms with E-state index >= 15 is 0 Å². The van der Waals surface area contributed by atoms with Gasteiger partial charge >= 0.3 is 5.97 Å². The third kappa shape index (κ3) is 5.28. The number of hydrogen-bond acceptors (Lipinski definition) is 4. The molecule has 2 atom stereocenters. The zero-order valence-electron chi connectivity index (χ0n) is 16.6. The van der Waals surface area contributed by atoms with Crippen molar-refractivity contribution in [3.63, 3.8) is 0 Å². The van der Waals surface area contributed by atoms with Crippen LogP contribution in [0.15, 0.2) is 0 Å². The van der Waals surface area contributed by atoms with Crippen molar-refractivity contribution in [2.75, 3.05) is 13.2 Å². The van der Waals surface area contributed by atoms with Gasteiger partial charge in [0.05, 0.1) is 12.5 Å². The maximum absolute atomic E-state index is 11.4. The molecule has 0 aromatic heterocycles. The molecular formula is C19H36O5Si. The molecule has 0 radical (unpaired) electrons. The van der Waals surface area contributed by atoms with Gasteiger partial charge in [0.25, 0.3) is 0 Å². The van der Waals surface area contributed by atoms with Crippen molar-refractivity contribution in [3.05, 3.63) is 0 Å². The summed E-state index contributed by atoms with van der Waals surface area (Å²) >= 11 is 0. The first-order valence-corrected chi connectivity index (χ1v) is 12.6. The van der Waals surface area contributed by atoms with Crippen molar-refractivity contribution in [3.8, 4) is 0 Å². The third-order valence-electron chi connectivity index (χ3n) is 6.37. The SMILES string of the molecule is CC(C)(C)[Si](C)(C)OCC1([C@H](CC(=O)O)OC2CCCCO2)CCC1. The summed E-state index contributed by atoms with van der Waals surface area (Å²) in [7, 11) is -1.87. The quantitative estimate of drug-likeness (QED) is 0.633. The van der Waals surface area contributed by atoms with Gasteiger partial charge in [0.2, 0.25) is 0 Å². The highest BCUT2D eigenvalue weighted by Gasteiger charge is 2.49. The normalized spacial score (nSPS) is 25.2. The molecule has 0 spiro atoms. The Hall–Kier alpha value is -0.433. The summed E-state index contributed by atoms with van der Waals surface area (Å²) in [5.74, 6) is -0.806. The first kappa shape index (κ1) is 20.9. The standard InChI is InChI=1S/C19H36O5Si/c1-18(2,3)25(4,5)23-14-19(10-8-11-19)15(13-16(20)21)24-17-9-6-7-12-22-17/h15,17H,6-14H2,1-5H3,(H,20,21)/t15-,17?/m0/s1. The number of ether oxygens (including phenoxy) is 2. The maximum Gasteiger partial charge on any atom is 0.306 e. The van der Waals surface area contributed by atoms with E-state index in [1.54, 1.807) is 0 Å². The lowest BCUT2D eigenvalue weighted by molar-refractivity contribution is -0.230. The summed E-state index contributed by atoms with van der Waals surface area (Å²) in [4.78, 5) is 11.4. The van der Waals surface area contributed by atoms with Gasteiger partial charge in [-0.3, -0.25) is 4.79 Å². The molecule has 146 valence electrons. The van der Waals surface area contributed by atoms with Crippen molar-refractivity contribution in [2.45, 2.75) is 96.2 Å². The van der Waals surface area contributed by atoms with Crippen LogP contribution in [0.3, 0.4) is 0 Å². The molecule has 1 saturated carbocycles. The molecule has 5 nitrogen and oxygen atoms in total. The Labute approximate surface area is 153 Å². The van der Waals surface area contributed by atoms with Crippen LogP contribution in [0.5, 0.6) is 0 Å². The Bertz CT molecular complexity index is 447. The van der Waals surface area contributed by atoms with Crippen molar-refractivity contribution in [1.29, 1.82) is 0 Å². The number of aliphatic carboxylic acids is 1. The Kier molecular flexibility index (Phi) is 6.74. The second-order valence-corrected chi connectivity index (χ2v) is 14.1. The largest absolute Gasteiger partial charge is 0.481 e. The van der Waals surface area contributed by atoms with E-state index in [1.165, 1.54) is 0 Å². The number of carboxylic acid groups (broad SMARTS) is 1. The molecule has 25 heavy (non-hydrogen) atoms. The Morgan fingerprint density at radius 2 is 1.96 bits per heavy atom. The summed E-state index contributed by atoms with van der Waals surface area (Å²) in [6.07, 6.45) is 5.51. The fourth-order valence-electron chi connectivity index (χ4n) is 3.30. The van der Waals surface area contributed by atoms with Crippen LogP contribution >= 0.6 is 0 Å². The van der Waals surface area contributed by atoms with Gasteiger partial charge in [0.15, 0.2) is 14.6 Å². The minimum absolute atomic E-state index is 0.0285. The van der Waals surface area contributed by atoms with Crippen LogP contribution in [0, 0.1) is 5.41 Å². The molecule has 0 bridgehead atoms. The summed E-state index contributed by atoms with van der Waals surface area (Å²) < 4.78 is 18.4. The van der Waals surface area contributed by atoms with Crippen LogP contribution in [0.1, 0.15) is 65.7 Å². The number of rotatable bonds is 8. The van der Waals surface area contributed by atoms with Crippen LogP contribution < -0.4 is 0 Å². The number of carboxylic acids is 1. The maximum atomic E-state index is 11.4. The number of hydrogen-bond donors (Lipinski definition) is 1. The molecule has 1 heterocycles. The van der Waals surface area contributed by atoms with Gasteiger partial charge < -0.3 is 19.0 Å². The van der Waals surface area contributed by atoms with E-state index in [0.717, 1.165) is 38.5 Å². The van der Waals surface area contributed by atoms with Crippen molar-refractivity contribution in [1.82, 2.24) is 0 Å². The van der Waals surface area contributed by atoms with Crippen LogP contribution in [-0.4, -0.2) is 45.0 Å². The molecule has 1 N–H and O–H groups in total. The Morgan fingerprint density at radius 3 is 2.40 bits per heavy atom. The molecule has 0 aromatic carbocycles. The molecule has 1 unspecified atom stereocenters. The first-order chi connectivity index (χ1) is 11.6. The monoisotopic (exact) mass is 372 g/mol. The van der Waals surface area contributed by atoms with Crippen LogP contribution in [0.2, 0.25) is 18.1 Å². The van der Waals surface area contributed by atoms with Gasteiger partial charge in [-0.2, -0.15) is 0 Å². The van der Waals surface area contributed by atoms with Crippen LogP contribution in [-0.2, 0) is 18.7 Å². The fourth-order valence-corrected chi connectivity index (χ4v) is 4.38. The zero-order chi connectivity index (χ0) is 18.7. The second kappa shape index (κ2) is 8.07. The van der Waals surface area contributed by atoms with Crippen molar-refractivity contribution < 1.29 is 23.8 Å². The topological polar surface area (TPSA) is 65.0 Å². The van der Waals surface area contributed by atoms with E-state index in [1.807, 2.05) is 0 Å². The van der Waals surface area contributed by atoms with E-state index in [2.05, 4.69) is 33.9 Å². The molecule has 2 aliphatic rings. The minimum Gasteiger partial charge on any atom is -0.481 e. The molecule has 1 aliphatic heterocycles. The second-order valence-electron chi connectivity index (χ2n) is 9.28. The molecule has 1 aliphatic carbocycles. The summed E-state index contributed by atoms with van der Waals surface area (Å²) in [6, 6.07) is 0. The molecule has 2 rings (SSSR count). The van der Waals surface area contributed by atoms with Crippen LogP contribution in [0.4, 0.5) is 0 Å². The first-order valence-electron chi connectivity index (χ1n) is 9.69. The smallest absolute Gasteiger partial charge is 0.306 e. The highest BCUT2D eigenvalue weighted by Crippen LogP contribution is 2.49. The van der Waals surface area contributed by atoms with Gasteiger partial charge in [-0.15, -0.1) is 0 Å². The van der Waals surface area contributed by atoms with Gasteiger partial charge in [0.1, 0.15) is 0 Å². The summed E-state index contributed by atoms with van der Waals surface area (Å²) in [6.45, 7) is 12.5. The lowest BCUT2D eigenvalue weighted by Crippen LogP contribution is -2.52. The highest BCUT2D eigenvalue weighted by atomic mass is 28.4. The van der Waals surface area contributed by atoms with Crippen molar-refractivity contribution >= 4 is 14.3 Å². The Balaban J connectivity index is 2.07. The summed E-state index contributed by atoms with van der Waals surface area (Å²) in [5, 5.41) is 9.55. The average molecular weight is 373 g/mol. The Morgan fingerprint density at radius 1 is 1.28 bits per heavy atom. The number of carbonyl (C=O) groups is 1. The van der Waals surface area contributed by atoms with E-state index in [-0.39, 0.29) is 29.3 Å². The molecular weight excluding hydrogens is 336 g/mol. The van der Waals surface area contributed by atoms with Gasteiger partial charge in [-0.1, -0.05) is 27.2 Å². The molecule has 1 saturated heterocycles. The van der Waals surface area contributed by atoms with E-state index in [4.69, 9.17) is 13.9 Å². The van der Waals surface area contributed by atoms with E-state index < -0.39 is 14.3 Å². The van der Waals surface area contributed by atoms with Gasteiger partial charge in [0, 0.05) is 18.6 Å². The van der Waals surface area contributed by atoms with E-state index in [0.29, 0.717) is 13.2 Å². The fraction of sp³-hybridized carbons (Fsp3) is 0.947. The predicted molar refractivity (Wildman–Crippen MR) is 100 cm³/mol. The summed E-state index contributed by atoms with van der Waals surface area (Å²) in [5.41, 5.74) is -0.172. The molecule has 0 amide bonds. The zero-order valence-corrected chi connectivity index (χ0v) is 17.6. The third-order valence-corrected chi connectivity index (χ3v) is 10.9.